The topological polar surface area (TPSA) is 89.5 Å². The molecule has 3 aromatic rings. The van der Waals surface area contributed by atoms with Crippen LogP contribution < -0.4 is 15.4 Å². The van der Waals surface area contributed by atoms with Gasteiger partial charge in [0.25, 0.3) is 0 Å². The highest BCUT2D eigenvalue weighted by atomic mass is 127. The molecular formula is C28H29F3IN3O4. The summed E-state index contributed by atoms with van der Waals surface area (Å²) in [6.07, 6.45) is -3.01. The summed E-state index contributed by atoms with van der Waals surface area (Å²) in [4.78, 5) is 29.1. The summed E-state index contributed by atoms with van der Waals surface area (Å²) >= 11 is 2.07. The van der Waals surface area contributed by atoms with Crippen molar-refractivity contribution >= 4 is 34.6 Å². The second kappa shape index (κ2) is 13.6. The normalized spacial score (nSPS) is 12.8. The molecule has 0 radical (unpaired) electrons. The molecule has 2 N–H and O–H groups in total. The van der Waals surface area contributed by atoms with Crippen LogP contribution in [0.15, 0.2) is 60.8 Å². The third kappa shape index (κ3) is 8.32. The monoisotopic (exact) mass is 655 g/mol. The molecule has 0 saturated carbocycles. The number of alkyl halides is 4. The van der Waals surface area contributed by atoms with E-state index in [0.29, 0.717) is 28.1 Å². The minimum Gasteiger partial charge on any atom is -0.496 e. The molecule has 0 aliphatic rings. The summed E-state index contributed by atoms with van der Waals surface area (Å²) < 4.78 is 51.6. The standard InChI is InChI=1S/C28H29F3IN3O4/c1-4-39-25(36)14-18-8-11-24(38-3)22(13-18)21-10-9-19(28(29,30)31)15-23(21)26(17(2)32)35-27(37)34-16-20-7-5-6-12-33-20/h5-13,15,17,26H,4,14,16H2,1-3H3,(H2,34,35,37). The Hall–Kier alpha value is -3.35. The number of carbonyl (C=O) groups is 2. The van der Waals surface area contributed by atoms with Gasteiger partial charge in [0.1, 0.15) is 5.75 Å². The zero-order chi connectivity index (χ0) is 28.6. The Bertz CT molecular complexity index is 1290. The van der Waals surface area contributed by atoms with Gasteiger partial charge in [0.2, 0.25) is 0 Å². The minimum absolute atomic E-state index is 0.0128. The predicted molar refractivity (Wildman–Crippen MR) is 150 cm³/mol. The lowest BCUT2D eigenvalue weighted by Crippen LogP contribution is -2.40. The largest absolute Gasteiger partial charge is 0.496 e. The number of hydrogen-bond acceptors (Lipinski definition) is 5. The molecule has 3 rings (SSSR count). The van der Waals surface area contributed by atoms with Gasteiger partial charge in [-0.2, -0.15) is 13.2 Å². The Labute approximate surface area is 238 Å². The molecule has 2 aromatic carbocycles. The third-order valence-electron chi connectivity index (χ3n) is 5.82. The second-order valence-electron chi connectivity index (χ2n) is 8.62. The highest BCUT2D eigenvalue weighted by Crippen LogP contribution is 2.41. The molecule has 208 valence electrons. The molecule has 39 heavy (non-hydrogen) atoms. The summed E-state index contributed by atoms with van der Waals surface area (Å²) in [5.41, 5.74) is 1.57. The lowest BCUT2D eigenvalue weighted by molar-refractivity contribution is -0.142. The van der Waals surface area contributed by atoms with Gasteiger partial charge in [-0.15, -0.1) is 0 Å². The molecule has 11 heteroatoms. The first kappa shape index (κ1) is 30.2. The molecule has 0 spiro atoms. The lowest BCUT2D eigenvalue weighted by atomic mass is 9.90. The zero-order valence-corrected chi connectivity index (χ0v) is 23.8. The molecule has 0 aliphatic carbocycles. The molecule has 2 amide bonds. The van der Waals surface area contributed by atoms with E-state index in [9.17, 15) is 22.8 Å². The van der Waals surface area contributed by atoms with Crippen LogP contribution in [0.3, 0.4) is 0 Å². The van der Waals surface area contributed by atoms with Crippen LogP contribution in [-0.4, -0.2) is 34.6 Å². The highest BCUT2D eigenvalue weighted by Gasteiger charge is 2.33. The van der Waals surface area contributed by atoms with E-state index in [4.69, 9.17) is 9.47 Å². The number of nitrogens with one attached hydrogen (secondary N) is 2. The first-order valence-electron chi connectivity index (χ1n) is 12.2. The van der Waals surface area contributed by atoms with Crippen molar-refractivity contribution in [3.05, 3.63) is 83.2 Å². The molecule has 0 fully saturated rings. The summed E-state index contributed by atoms with van der Waals surface area (Å²) in [6.45, 7) is 3.88. The van der Waals surface area contributed by atoms with Gasteiger partial charge in [0.05, 0.1) is 44.0 Å². The summed E-state index contributed by atoms with van der Waals surface area (Å²) in [5.74, 6) is -0.0191. The molecule has 0 aliphatic heterocycles. The van der Waals surface area contributed by atoms with Crippen molar-refractivity contribution < 1.29 is 32.2 Å². The quantitative estimate of drug-likeness (QED) is 0.153. The van der Waals surface area contributed by atoms with Gasteiger partial charge in [-0.25, -0.2) is 4.79 Å². The van der Waals surface area contributed by atoms with Gasteiger partial charge in [-0.3, -0.25) is 9.78 Å². The van der Waals surface area contributed by atoms with Gasteiger partial charge in [0.15, 0.2) is 0 Å². The lowest BCUT2D eigenvalue weighted by Gasteiger charge is -2.26. The number of rotatable bonds is 10. The fraction of sp³-hybridized carbons (Fsp3) is 0.321. The summed E-state index contributed by atoms with van der Waals surface area (Å²) in [6, 6.07) is 12.4. The van der Waals surface area contributed by atoms with E-state index in [1.165, 1.54) is 13.2 Å². The number of pyridine rings is 1. The number of hydrogen-bond donors (Lipinski definition) is 2. The van der Waals surface area contributed by atoms with Crippen LogP contribution in [0.2, 0.25) is 0 Å². The van der Waals surface area contributed by atoms with Crippen molar-refractivity contribution in [1.82, 2.24) is 15.6 Å². The number of ether oxygens (including phenoxy) is 2. The Morgan fingerprint density at radius 1 is 1.08 bits per heavy atom. The number of esters is 1. The first-order chi connectivity index (χ1) is 18.5. The highest BCUT2D eigenvalue weighted by molar-refractivity contribution is 14.1. The molecule has 0 saturated heterocycles. The van der Waals surface area contributed by atoms with Gasteiger partial charge in [0, 0.05) is 15.7 Å². The number of urea groups is 1. The average Bonchev–Trinajstić information content (AvgIpc) is 2.90. The molecule has 0 bridgehead atoms. The fourth-order valence-corrected chi connectivity index (χ4v) is 4.57. The van der Waals surface area contributed by atoms with Crippen LogP contribution in [0.25, 0.3) is 11.1 Å². The van der Waals surface area contributed by atoms with Crippen LogP contribution in [0.5, 0.6) is 5.75 Å². The predicted octanol–water partition coefficient (Wildman–Crippen LogP) is 6.25. The first-order valence-corrected chi connectivity index (χ1v) is 13.4. The third-order valence-corrected chi connectivity index (χ3v) is 6.54. The Morgan fingerprint density at radius 2 is 1.85 bits per heavy atom. The number of carbonyl (C=O) groups excluding carboxylic acids is 2. The van der Waals surface area contributed by atoms with Crippen LogP contribution >= 0.6 is 22.6 Å². The van der Waals surface area contributed by atoms with Crippen molar-refractivity contribution in [2.75, 3.05) is 13.7 Å². The van der Waals surface area contributed by atoms with Crippen molar-refractivity contribution in [1.29, 1.82) is 0 Å². The van der Waals surface area contributed by atoms with Crippen LogP contribution in [-0.2, 0) is 28.7 Å². The van der Waals surface area contributed by atoms with E-state index >= 15 is 0 Å². The average molecular weight is 655 g/mol. The Morgan fingerprint density at radius 3 is 2.46 bits per heavy atom. The van der Waals surface area contributed by atoms with Crippen molar-refractivity contribution in [3.8, 4) is 16.9 Å². The number of methoxy groups -OCH3 is 1. The van der Waals surface area contributed by atoms with E-state index in [0.717, 1.165) is 12.1 Å². The van der Waals surface area contributed by atoms with Gasteiger partial charge in [-0.1, -0.05) is 47.7 Å². The molecule has 2 atom stereocenters. The smallest absolute Gasteiger partial charge is 0.416 e. The molecule has 1 aromatic heterocycles. The summed E-state index contributed by atoms with van der Waals surface area (Å²) in [7, 11) is 1.45. The number of benzene rings is 2. The van der Waals surface area contributed by atoms with E-state index in [-0.39, 0.29) is 29.1 Å². The Kier molecular flexibility index (Phi) is 10.6. The molecular weight excluding hydrogens is 626 g/mol. The van der Waals surface area contributed by atoms with Crippen molar-refractivity contribution in [2.24, 2.45) is 0 Å². The number of amides is 2. The van der Waals surface area contributed by atoms with Gasteiger partial charge in [-0.05, 0) is 60.0 Å². The fourth-order valence-electron chi connectivity index (χ4n) is 4.00. The maximum atomic E-state index is 13.8. The van der Waals surface area contributed by atoms with Crippen LogP contribution in [0, 0.1) is 0 Å². The summed E-state index contributed by atoms with van der Waals surface area (Å²) in [5, 5.41) is 5.53. The maximum Gasteiger partial charge on any atom is 0.416 e. The number of halogens is 4. The molecule has 1 heterocycles. The second-order valence-corrected chi connectivity index (χ2v) is 10.6. The number of aromatic nitrogens is 1. The van der Waals surface area contributed by atoms with Crippen LogP contribution in [0.4, 0.5) is 18.0 Å². The van der Waals surface area contributed by atoms with E-state index in [2.05, 4.69) is 38.2 Å². The number of nitrogens with zero attached hydrogens (tertiary/aromatic N) is 1. The SMILES string of the molecule is CCOC(=O)Cc1ccc(OC)c(-c2ccc(C(F)(F)F)cc2C(NC(=O)NCc2ccccn2)C(C)I)c1. The van der Waals surface area contributed by atoms with Crippen LogP contribution in [0.1, 0.15) is 42.3 Å². The Balaban J connectivity index is 2.05. The molecule has 7 nitrogen and oxygen atoms in total. The minimum atomic E-state index is -4.59. The van der Waals surface area contributed by atoms with Crippen molar-refractivity contribution in [3.63, 3.8) is 0 Å². The maximum absolute atomic E-state index is 13.8. The van der Waals surface area contributed by atoms with Gasteiger partial charge >= 0.3 is 18.2 Å². The van der Waals surface area contributed by atoms with Crippen molar-refractivity contribution in [2.45, 2.75) is 43.0 Å². The zero-order valence-electron chi connectivity index (χ0n) is 21.6. The van der Waals surface area contributed by atoms with E-state index in [1.807, 2.05) is 0 Å². The van der Waals surface area contributed by atoms with Gasteiger partial charge < -0.3 is 20.1 Å². The van der Waals surface area contributed by atoms with E-state index in [1.54, 1.807) is 56.4 Å². The van der Waals surface area contributed by atoms with E-state index < -0.39 is 29.8 Å². The molecule has 2 unspecified atom stereocenters.